The maximum Gasteiger partial charge on any atom is 0.271 e. The molecular weight excluding hydrogens is 316 g/mol. The zero-order valence-electron chi connectivity index (χ0n) is 14.2. The fourth-order valence-corrected chi connectivity index (χ4v) is 3.26. The third-order valence-corrected chi connectivity index (χ3v) is 4.73. The molecule has 2 aliphatic rings. The van der Waals surface area contributed by atoms with Gasteiger partial charge in [-0.15, -0.1) is 0 Å². The highest BCUT2D eigenvalue weighted by Crippen LogP contribution is 2.32. The van der Waals surface area contributed by atoms with Crippen molar-refractivity contribution < 1.29 is 14.3 Å². The molecule has 0 atom stereocenters. The molecule has 1 heterocycles. The number of rotatable bonds is 3. The minimum atomic E-state index is -0.268. The number of carbonyl (C=O) groups excluding carboxylic acids is 1. The van der Waals surface area contributed by atoms with Gasteiger partial charge in [-0.3, -0.25) is 4.79 Å². The predicted molar refractivity (Wildman–Crippen MR) is 95.3 cm³/mol. The lowest BCUT2D eigenvalue weighted by Gasteiger charge is -2.16. The minimum absolute atomic E-state index is 0.190. The zero-order chi connectivity index (χ0) is 17.2. The molecule has 0 spiro atoms. The Bertz CT molecular complexity index is 858. The first kappa shape index (κ1) is 15.7. The van der Waals surface area contributed by atoms with Crippen molar-refractivity contribution in [2.45, 2.75) is 32.6 Å². The van der Waals surface area contributed by atoms with Gasteiger partial charge in [-0.25, -0.2) is 5.43 Å². The molecule has 5 heteroatoms. The average molecular weight is 336 g/mol. The van der Waals surface area contributed by atoms with Crippen LogP contribution < -0.4 is 14.9 Å². The van der Waals surface area contributed by atoms with Crippen molar-refractivity contribution in [1.29, 1.82) is 0 Å². The largest absolute Gasteiger partial charge is 0.454 e. The summed E-state index contributed by atoms with van der Waals surface area (Å²) in [6.07, 6.45) is 4.80. The summed E-state index contributed by atoms with van der Waals surface area (Å²) in [6.45, 7) is 2.10. The number of ether oxygens (including phenoxy) is 2. The number of hydrogen-bond donors (Lipinski definition) is 1. The van der Waals surface area contributed by atoms with Crippen molar-refractivity contribution in [2.75, 3.05) is 6.79 Å². The molecule has 0 saturated heterocycles. The van der Waals surface area contributed by atoms with Gasteiger partial charge in [0.2, 0.25) is 6.79 Å². The van der Waals surface area contributed by atoms with Crippen LogP contribution in [0.3, 0.4) is 0 Å². The van der Waals surface area contributed by atoms with E-state index in [1.165, 1.54) is 24.0 Å². The Morgan fingerprint density at radius 3 is 2.60 bits per heavy atom. The maximum absolute atomic E-state index is 12.3. The summed E-state index contributed by atoms with van der Waals surface area (Å²) in [6, 6.07) is 11.6. The normalized spacial score (nSPS) is 15.6. The number of hydrazone groups is 1. The number of aryl methyl sites for hydroxylation is 2. The molecule has 1 N–H and O–H groups in total. The molecule has 1 aliphatic carbocycles. The van der Waals surface area contributed by atoms with E-state index >= 15 is 0 Å². The Balaban J connectivity index is 1.48. The standard InChI is InChI=1S/C20H20N2O3/c1-13(15-7-6-14-4-2-3-5-16(14)10-15)21-22-20(23)17-8-9-18-19(11-17)25-12-24-18/h6-11H,2-5,12H2,1H3,(H,22,23)/b21-13-. The van der Waals surface area contributed by atoms with Crippen molar-refractivity contribution in [2.24, 2.45) is 5.10 Å². The maximum atomic E-state index is 12.3. The number of hydrogen-bond acceptors (Lipinski definition) is 4. The van der Waals surface area contributed by atoms with Crippen molar-refractivity contribution in [3.8, 4) is 11.5 Å². The zero-order valence-corrected chi connectivity index (χ0v) is 14.2. The van der Waals surface area contributed by atoms with Crippen LogP contribution in [-0.2, 0) is 12.8 Å². The fraction of sp³-hybridized carbons (Fsp3) is 0.300. The average Bonchev–Trinajstić information content (AvgIpc) is 3.13. The lowest BCUT2D eigenvalue weighted by molar-refractivity contribution is 0.0954. The third-order valence-electron chi connectivity index (χ3n) is 4.73. The molecule has 2 aromatic rings. The van der Waals surface area contributed by atoms with E-state index < -0.39 is 0 Å². The Hall–Kier alpha value is -2.82. The van der Waals surface area contributed by atoms with Crippen LogP contribution in [0.15, 0.2) is 41.5 Å². The Morgan fingerprint density at radius 2 is 1.72 bits per heavy atom. The van der Waals surface area contributed by atoms with E-state index in [0.29, 0.717) is 17.1 Å². The van der Waals surface area contributed by atoms with Gasteiger partial charge >= 0.3 is 0 Å². The number of carbonyl (C=O) groups is 1. The van der Waals surface area contributed by atoms with Gasteiger partial charge in [-0.2, -0.15) is 5.10 Å². The van der Waals surface area contributed by atoms with E-state index in [1.807, 2.05) is 6.92 Å². The second kappa shape index (κ2) is 6.59. The van der Waals surface area contributed by atoms with Crippen LogP contribution in [0.2, 0.25) is 0 Å². The Kier molecular flexibility index (Phi) is 4.14. The van der Waals surface area contributed by atoms with Gasteiger partial charge in [0.05, 0.1) is 5.71 Å². The highest BCUT2D eigenvalue weighted by Gasteiger charge is 2.16. The molecule has 5 nitrogen and oxygen atoms in total. The van der Waals surface area contributed by atoms with E-state index in [4.69, 9.17) is 9.47 Å². The third kappa shape index (κ3) is 3.22. The fourth-order valence-electron chi connectivity index (χ4n) is 3.26. The summed E-state index contributed by atoms with van der Waals surface area (Å²) in [5.41, 5.74) is 7.80. The van der Waals surface area contributed by atoms with Gasteiger partial charge in [-0.1, -0.05) is 12.1 Å². The molecule has 0 fully saturated rings. The molecule has 0 radical (unpaired) electrons. The van der Waals surface area contributed by atoms with Gasteiger partial charge in [0.15, 0.2) is 11.5 Å². The lowest BCUT2D eigenvalue weighted by atomic mass is 9.90. The lowest BCUT2D eigenvalue weighted by Crippen LogP contribution is -2.19. The number of nitrogens with zero attached hydrogens (tertiary/aromatic N) is 1. The highest BCUT2D eigenvalue weighted by atomic mass is 16.7. The summed E-state index contributed by atoms with van der Waals surface area (Å²) in [7, 11) is 0. The van der Waals surface area contributed by atoms with E-state index in [9.17, 15) is 4.79 Å². The minimum Gasteiger partial charge on any atom is -0.454 e. The molecule has 0 bridgehead atoms. The van der Waals surface area contributed by atoms with Crippen LogP contribution in [0.25, 0.3) is 0 Å². The molecule has 0 saturated carbocycles. The molecule has 0 aromatic heterocycles. The van der Waals surface area contributed by atoms with Crippen LogP contribution in [0, 0.1) is 0 Å². The molecule has 25 heavy (non-hydrogen) atoms. The Morgan fingerprint density at radius 1 is 0.960 bits per heavy atom. The summed E-state index contributed by atoms with van der Waals surface area (Å²) in [4.78, 5) is 12.3. The van der Waals surface area contributed by atoms with Crippen LogP contribution in [0.1, 0.15) is 46.8 Å². The first-order valence-electron chi connectivity index (χ1n) is 8.57. The smallest absolute Gasteiger partial charge is 0.271 e. The predicted octanol–water partition coefficient (Wildman–Crippen LogP) is 3.45. The molecule has 4 rings (SSSR count). The monoisotopic (exact) mass is 336 g/mol. The molecule has 1 amide bonds. The van der Waals surface area contributed by atoms with Gasteiger partial charge in [0.25, 0.3) is 5.91 Å². The number of nitrogens with one attached hydrogen (secondary N) is 1. The van der Waals surface area contributed by atoms with Crippen molar-refractivity contribution in [3.63, 3.8) is 0 Å². The van der Waals surface area contributed by atoms with Crippen molar-refractivity contribution in [3.05, 3.63) is 58.7 Å². The van der Waals surface area contributed by atoms with Crippen molar-refractivity contribution >= 4 is 11.6 Å². The summed E-state index contributed by atoms with van der Waals surface area (Å²) >= 11 is 0. The first-order valence-corrected chi connectivity index (χ1v) is 8.57. The molecule has 2 aromatic carbocycles. The number of amides is 1. The van der Waals surface area contributed by atoms with Crippen LogP contribution in [-0.4, -0.2) is 18.4 Å². The SMILES string of the molecule is C/C(=N/NC(=O)c1ccc2c(c1)OCO2)c1ccc2c(c1)CCCC2. The van der Waals surface area contributed by atoms with Gasteiger partial charge < -0.3 is 9.47 Å². The Labute approximate surface area is 146 Å². The second-order valence-electron chi connectivity index (χ2n) is 6.40. The summed E-state index contributed by atoms with van der Waals surface area (Å²) in [5, 5.41) is 4.26. The summed E-state index contributed by atoms with van der Waals surface area (Å²) in [5.74, 6) is 0.976. The van der Waals surface area contributed by atoms with Gasteiger partial charge in [0.1, 0.15) is 0 Å². The molecular formula is C20H20N2O3. The van der Waals surface area contributed by atoms with Gasteiger partial charge in [0, 0.05) is 5.56 Å². The van der Waals surface area contributed by atoms with E-state index in [0.717, 1.165) is 24.1 Å². The van der Waals surface area contributed by atoms with E-state index in [2.05, 4.69) is 28.7 Å². The molecule has 128 valence electrons. The molecule has 0 unspecified atom stereocenters. The summed E-state index contributed by atoms with van der Waals surface area (Å²) < 4.78 is 10.6. The quantitative estimate of drug-likeness (QED) is 0.690. The van der Waals surface area contributed by atoms with Crippen LogP contribution in [0.4, 0.5) is 0 Å². The first-order chi connectivity index (χ1) is 12.2. The molecule has 1 aliphatic heterocycles. The van der Waals surface area contributed by atoms with Gasteiger partial charge in [-0.05, 0) is 73.6 Å². The number of benzene rings is 2. The number of fused-ring (bicyclic) bond motifs is 2. The topological polar surface area (TPSA) is 59.9 Å². The highest BCUT2D eigenvalue weighted by molar-refractivity contribution is 6.01. The van der Waals surface area contributed by atoms with E-state index in [1.54, 1.807) is 18.2 Å². The van der Waals surface area contributed by atoms with E-state index in [-0.39, 0.29) is 12.7 Å². The van der Waals surface area contributed by atoms with Crippen LogP contribution in [0.5, 0.6) is 11.5 Å². The van der Waals surface area contributed by atoms with Crippen molar-refractivity contribution in [1.82, 2.24) is 5.43 Å². The van der Waals surface area contributed by atoms with Crippen LogP contribution >= 0.6 is 0 Å². The second-order valence-corrected chi connectivity index (χ2v) is 6.40.